The predicted molar refractivity (Wildman–Crippen MR) is 162 cm³/mol. The van der Waals surface area contributed by atoms with Crippen LogP contribution in [0.3, 0.4) is 0 Å². The lowest BCUT2D eigenvalue weighted by molar-refractivity contribution is 0.494. The van der Waals surface area contributed by atoms with Gasteiger partial charge in [-0.1, -0.05) is 148 Å². The summed E-state index contributed by atoms with van der Waals surface area (Å²) >= 11 is 0. The van der Waals surface area contributed by atoms with Gasteiger partial charge < -0.3 is 0 Å². The molecule has 3 nitrogen and oxygen atoms in total. The summed E-state index contributed by atoms with van der Waals surface area (Å²) in [6, 6.07) is 43.4. The molecule has 0 saturated carbocycles. The SMILES string of the molecule is CCCCCCn1nc(P(c2ccccc2)c2ccccc2)c(P(c2ccccc2)c2ccccc2)n1. The summed E-state index contributed by atoms with van der Waals surface area (Å²) in [5.74, 6) is 0. The van der Waals surface area contributed by atoms with Gasteiger partial charge >= 0.3 is 0 Å². The monoisotopic (exact) mass is 521 g/mol. The van der Waals surface area contributed by atoms with E-state index in [0.29, 0.717) is 0 Å². The molecule has 0 aliphatic carbocycles. The Bertz CT molecular complexity index is 1180. The topological polar surface area (TPSA) is 30.7 Å². The third kappa shape index (κ3) is 6.24. The molecule has 0 aliphatic rings. The highest BCUT2D eigenvalue weighted by molar-refractivity contribution is 7.85. The van der Waals surface area contributed by atoms with Crippen molar-refractivity contribution in [1.29, 1.82) is 0 Å². The lowest BCUT2D eigenvalue weighted by Crippen LogP contribution is -2.35. The first-order chi connectivity index (χ1) is 18.3. The summed E-state index contributed by atoms with van der Waals surface area (Å²) in [4.78, 5) is 1.99. The van der Waals surface area contributed by atoms with Gasteiger partial charge in [-0.3, -0.25) is 0 Å². The second-order valence-electron chi connectivity index (χ2n) is 9.02. The van der Waals surface area contributed by atoms with Gasteiger partial charge in [-0.25, -0.2) is 0 Å². The van der Waals surface area contributed by atoms with Crippen LogP contribution in [0.5, 0.6) is 0 Å². The Labute approximate surface area is 223 Å². The summed E-state index contributed by atoms with van der Waals surface area (Å²) in [6.07, 6.45) is 4.79. The quantitative estimate of drug-likeness (QED) is 0.173. The Hall–Kier alpha value is -3.12. The zero-order chi connectivity index (χ0) is 25.3. The van der Waals surface area contributed by atoms with Crippen molar-refractivity contribution in [3.05, 3.63) is 121 Å². The largest absolute Gasteiger partial charge is 0.184 e. The summed E-state index contributed by atoms with van der Waals surface area (Å²) in [5.41, 5.74) is 2.25. The van der Waals surface area contributed by atoms with Crippen molar-refractivity contribution < 1.29 is 0 Å². The molecule has 37 heavy (non-hydrogen) atoms. The van der Waals surface area contributed by atoms with Crippen molar-refractivity contribution in [2.75, 3.05) is 0 Å². The lowest BCUT2D eigenvalue weighted by Gasteiger charge is -2.22. The summed E-state index contributed by atoms with van der Waals surface area (Å²) in [7, 11) is -1.72. The van der Waals surface area contributed by atoms with Gasteiger partial charge in [0.25, 0.3) is 0 Å². The number of benzene rings is 4. The van der Waals surface area contributed by atoms with E-state index in [2.05, 4.69) is 128 Å². The first-order valence-corrected chi connectivity index (χ1v) is 15.8. The maximum absolute atomic E-state index is 5.28. The number of aryl methyl sites for hydroxylation is 1. The minimum absolute atomic E-state index is 0.854. The lowest BCUT2D eigenvalue weighted by atomic mass is 10.2. The predicted octanol–water partition coefficient (Wildman–Crippen LogP) is 5.37. The first-order valence-electron chi connectivity index (χ1n) is 13.1. The van der Waals surface area contributed by atoms with Crippen molar-refractivity contribution in [1.82, 2.24) is 15.0 Å². The minimum Gasteiger partial charge on any atom is -0.184 e. The fourth-order valence-corrected chi connectivity index (χ4v) is 9.43. The number of aromatic nitrogens is 3. The Kier molecular flexibility index (Phi) is 8.91. The highest BCUT2D eigenvalue weighted by Gasteiger charge is 2.30. The van der Waals surface area contributed by atoms with Gasteiger partial charge in [0.05, 0.1) is 6.54 Å². The van der Waals surface area contributed by atoms with Crippen molar-refractivity contribution in [3.63, 3.8) is 0 Å². The van der Waals surface area contributed by atoms with Crippen LogP contribution in [0.15, 0.2) is 121 Å². The molecule has 0 spiro atoms. The number of hydrogen-bond acceptors (Lipinski definition) is 2. The van der Waals surface area contributed by atoms with E-state index < -0.39 is 15.8 Å². The number of hydrogen-bond donors (Lipinski definition) is 0. The van der Waals surface area contributed by atoms with Crippen LogP contribution < -0.4 is 32.1 Å². The van der Waals surface area contributed by atoms with E-state index in [1.165, 1.54) is 40.5 Å². The van der Waals surface area contributed by atoms with Crippen LogP contribution in [0, 0.1) is 0 Å². The zero-order valence-corrected chi connectivity index (χ0v) is 23.1. The molecule has 0 atom stereocenters. The van der Waals surface area contributed by atoms with Crippen LogP contribution in [-0.4, -0.2) is 15.0 Å². The average Bonchev–Trinajstić information content (AvgIpc) is 3.36. The molecule has 4 aromatic carbocycles. The Morgan fingerprint density at radius 3 is 1.16 bits per heavy atom. The Balaban J connectivity index is 1.69. The smallest absolute Gasteiger partial charge is 0.122 e. The summed E-state index contributed by atoms with van der Waals surface area (Å²) < 4.78 is 0. The standard InChI is InChI=1S/C32H33N3P2/c1-2-3-4-17-26-35-33-31(36(27-18-9-5-10-19-27)28-20-11-6-12-21-28)32(34-35)37(29-22-13-7-14-23-29)30-24-15-8-16-25-30/h5-16,18-25H,2-4,17,26H2,1H3. The highest BCUT2D eigenvalue weighted by Crippen LogP contribution is 2.37. The van der Waals surface area contributed by atoms with E-state index in [1.807, 2.05) is 4.80 Å². The molecule has 0 aliphatic heterocycles. The second-order valence-corrected chi connectivity index (χ2v) is 13.3. The molecule has 1 heterocycles. The third-order valence-electron chi connectivity index (χ3n) is 6.31. The molecule has 0 radical (unpaired) electrons. The van der Waals surface area contributed by atoms with E-state index in [9.17, 15) is 0 Å². The van der Waals surface area contributed by atoms with Gasteiger partial charge in [-0.05, 0) is 27.6 Å². The summed E-state index contributed by atoms with van der Waals surface area (Å²) in [6.45, 7) is 3.11. The molecule has 0 amide bonds. The molecule has 5 heteroatoms. The van der Waals surface area contributed by atoms with Gasteiger partial charge in [0.1, 0.15) is 10.9 Å². The van der Waals surface area contributed by atoms with Crippen molar-refractivity contribution >= 4 is 47.9 Å². The normalized spacial score (nSPS) is 11.3. The molecule has 0 N–H and O–H groups in total. The van der Waals surface area contributed by atoms with Crippen molar-refractivity contribution in [2.45, 2.75) is 39.2 Å². The van der Waals surface area contributed by atoms with E-state index in [4.69, 9.17) is 10.2 Å². The molecule has 0 unspecified atom stereocenters. The molecule has 186 valence electrons. The van der Waals surface area contributed by atoms with Crippen LogP contribution in [0.4, 0.5) is 0 Å². The third-order valence-corrected chi connectivity index (χ3v) is 11.2. The van der Waals surface area contributed by atoms with E-state index in [1.54, 1.807) is 0 Å². The van der Waals surface area contributed by atoms with Crippen LogP contribution >= 0.6 is 15.8 Å². The van der Waals surface area contributed by atoms with E-state index >= 15 is 0 Å². The van der Waals surface area contributed by atoms with Gasteiger partial charge in [-0.15, -0.1) is 0 Å². The van der Waals surface area contributed by atoms with Crippen LogP contribution in [-0.2, 0) is 6.54 Å². The van der Waals surface area contributed by atoms with Gasteiger partial charge in [0.2, 0.25) is 0 Å². The minimum atomic E-state index is -0.859. The van der Waals surface area contributed by atoms with Gasteiger partial charge in [0, 0.05) is 15.8 Å². The fraction of sp³-hybridized carbons (Fsp3) is 0.188. The molecular weight excluding hydrogens is 488 g/mol. The molecule has 0 saturated heterocycles. The first kappa shape index (κ1) is 25.5. The van der Waals surface area contributed by atoms with Crippen LogP contribution in [0.25, 0.3) is 0 Å². The number of nitrogens with zero attached hydrogens (tertiary/aromatic N) is 3. The molecule has 0 fully saturated rings. The fourth-order valence-electron chi connectivity index (χ4n) is 4.50. The van der Waals surface area contributed by atoms with Crippen molar-refractivity contribution in [2.24, 2.45) is 0 Å². The average molecular weight is 522 g/mol. The highest BCUT2D eigenvalue weighted by atomic mass is 31.1. The Morgan fingerprint density at radius 1 is 0.486 bits per heavy atom. The van der Waals surface area contributed by atoms with Crippen LogP contribution in [0.2, 0.25) is 0 Å². The van der Waals surface area contributed by atoms with Gasteiger partial charge in [0.15, 0.2) is 0 Å². The maximum atomic E-state index is 5.28. The molecule has 1 aromatic heterocycles. The van der Waals surface area contributed by atoms with Crippen LogP contribution in [0.1, 0.15) is 32.6 Å². The summed E-state index contributed by atoms with van der Waals surface area (Å²) in [5, 5.41) is 15.8. The number of rotatable bonds is 11. The molecule has 0 bridgehead atoms. The molecule has 5 aromatic rings. The Morgan fingerprint density at radius 2 is 0.838 bits per heavy atom. The maximum Gasteiger partial charge on any atom is 0.122 e. The van der Waals surface area contributed by atoms with Gasteiger partial charge in [-0.2, -0.15) is 15.0 Å². The van der Waals surface area contributed by atoms with E-state index in [0.717, 1.165) is 23.8 Å². The molecule has 5 rings (SSSR count). The number of unbranched alkanes of at least 4 members (excludes halogenated alkanes) is 3. The van der Waals surface area contributed by atoms with Crippen molar-refractivity contribution in [3.8, 4) is 0 Å². The van der Waals surface area contributed by atoms with E-state index in [-0.39, 0.29) is 0 Å². The second kappa shape index (κ2) is 12.9. The molecular formula is C32H33N3P2. The zero-order valence-electron chi connectivity index (χ0n) is 21.3.